The molecule has 1 amide bonds. The fourth-order valence-electron chi connectivity index (χ4n) is 5.13. The number of hydrogen-bond acceptors (Lipinski definition) is 3. The normalized spacial score (nSPS) is 21.2. The molecule has 0 spiro atoms. The third-order valence-electron chi connectivity index (χ3n) is 7.20. The summed E-state index contributed by atoms with van der Waals surface area (Å²) in [6.45, 7) is 6.27. The minimum Gasteiger partial charge on any atom is -0.381 e. The zero-order valence-corrected chi connectivity index (χ0v) is 19.1. The first-order valence-corrected chi connectivity index (χ1v) is 12.0. The number of nitrogens with zero attached hydrogens (tertiary/aromatic N) is 1. The van der Waals surface area contributed by atoms with Crippen molar-refractivity contribution in [2.24, 2.45) is 5.41 Å². The Hall–Kier alpha value is -2.24. The molecule has 5 heteroatoms. The second-order valence-corrected chi connectivity index (χ2v) is 9.41. The van der Waals surface area contributed by atoms with E-state index >= 15 is 0 Å². The summed E-state index contributed by atoms with van der Waals surface area (Å²) < 4.78 is 18.9. The van der Waals surface area contributed by atoms with E-state index in [1.165, 1.54) is 31.4 Å². The molecule has 0 aromatic heterocycles. The molecule has 1 N–H and O–H groups in total. The smallest absolute Gasteiger partial charge is 0.226 e. The number of rotatable bonds is 7. The van der Waals surface area contributed by atoms with E-state index in [2.05, 4.69) is 29.3 Å². The molecule has 4 rings (SSSR count). The standard InChI is InChI=1S/C27H35FN2O2/c1-21-5-2-3-15-30(21)16-14-29-26(31)27(12-17-32-18-13-27)20-22-6-4-7-24(19-22)23-8-10-25(28)11-9-23/h4,6-11,19,21H,2-3,5,12-18,20H2,1H3,(H,29,31). The Morgan fingerprint density at radius 3 is 2.66 bits per heavy atom. The average molecular weight is 439 g/mol. The number of carbonyl (C=O) groups is 1. The summed E-state index contributed by atoms with van der Waals surface area (Å²) in [5, 5.41) is 3.26. The molecule has 32 heavy (non-hydrogen) atoms. The molecule has 2 fully saturated rings. The van der Waals surface area contributed by atoms with Crippen molar-refractivity contribution >= 4 is 5.91 Å². The van der Waals surface area contributed by atoms with Crippen LogP contribution in [-0.4, -0.2) is 49.7 Å². The van der Waals surface area contributed by atoms with Crippen molar-refractivity contribution in [1.29, 1.82) is 0 Å². The lowest BCUT2D eigenvalue weighted by atomic mass is 9.74. The van der Waals surface area contributed by atoms with E-state index in [0.717, 1.165) is 42.6 Å². The summed E-state index contributed by atoms with van der Waals surface area (Å²) in [5.74, 6) is -0.0840. The van der Waals surface area contributed by atoms with Crippen molar-refractivity contribution in [1.82, 2.24) is 10.2 Å². The number of benzene rings is 2. The van der Waals surface area contributed by atoms with Crippen LogP contribution in [0.3, 0.4) is 0 Å². The van der Waals surface area contributed by atoms with Gasteiger partial charge in [-0.3, -0.25) is 9.69 Å². The van der Waals surface area contributed by atoms with Crippen LogP contribution < -0.4 is 5.32 Å². The van der Waals surface area contributed by atoms with Crippen molar-refractivity contribution < 1.29 is 13.9 Å². The topological polar surface area (TPSA) is 41.6 Å². The number of ether oxygens (including phenoxy) is 1. The van der Waals surface area contributed by atoms with Gasteiger partial charge in [0.05, 0.1) is 5.41 Å². The number of carbonyl (C=O) groups excluding carboxylic acids is 1. The lowest BCUT2D eigenvalue weighted by Crippen LogP contribution is -2.49. The molecule has 2 aliphatic rings. The second-order valence-electron chi connectivity index (χ2n) is 9.41. The minimum atomic E-state index is -0.437. The largest absolute Gasteiger partial charge is 0.381 e. The highest BCUT2D eigenvalue weighted by molar-refractivity contribution is 5.83. The van der Waals surface area contributed by atoms with Crippen LogP contribution in [0, 0.1) is 11.2 Å². The molecule has 4 nitrogen and oxygen atoms in total. The Morgan fingerprint density at radius 2 is 1.91 bits per heavy atom. The van der Waals surface area contributed by atoms with Gasteiger partial charge in [0.25, 0.3) is 0 Å². The maximum atomic E-state index is 13.4. The van der Waals surface area contributed by atoms with E-state index in [1.54, 1.807) is 12.1 Å². The molecule has 1 unspecified atom stereocenters. The summed E-state index contributed by atoms with van der Waals surface area (Å²) in [5.41, 5.74) is 2.72. The van der Waals surface area contributed by atoms with Crippen molar-refractivity contribution in [3.63, 3.8) is 0 Å². The van der Waals surface area contributed by atoms with Crippen molar-refractivity contribution in [2.75, 3.05) is 32.8 Å². The monoisotopic (exact) mass is 438 g/mol. The maximum Gasteiger partial charge on any atom is 0.226 e. The fourth-order valence-corrected chi connectivity index (χ4v) is 5.13. The lowest BCUT2D eigenvalue weighted by Gasteiger charge is -2.37. The van der Waals surface area contributed by atoms with Crippen molar-refractivity contribution in [3.8, 4) is 11.1 Å². The predicted octanol–water partition coefficient (Wildman–Crippen LogP) is 4.82. The van der Waals surface area contributed by atoms with Crippen LogP contribution in [0.1, 0.15) is 44.6 Å². The molecule has 0 aliphatic carbocycles. The fraction of sp³-hybridized carbons (Fsp3) is 0.519. The summed E-state index contributed by atoms with van der Waals surface area (Å²) in [6.07, 6.45) is 5.98. The van der Waals surface area contributed by atoms with E-state index in [0.29, 0.717) is 32.2 Å². The van der Waals surface area contributed by atoms with E-state index < -0.39 is 5.41 Å². The molecule has 2 aromatic carbocycles. The van der Waals surface area contributed by atoms with Crippen LogP contribution in [0.15, 0.2) is 48.5 Å². The quantitative estimate of drug-likeness (QED) is 0.674. The molecule has 2 saturated heterocycles. The van der Waals surface area contributed by atoms with E-state index in [4.69, 9.17) is 4.74 Å². The number of piperidine rings is 1. The van der Waals surface area contributed by atoms with Crippen LogP contribution in [0.5, 0.6) is 0 Å². The number of halogens is 1. The highest BCUT2D eigenvalue weighted by Gasteiger charge is 2.40. The zero-order chi connectivity index (χ0) is 22.4. The van der Waals surface area contributed by atoms with E-state index in [1.807, 2.05) is 12.1 Å². The van der Waals surface area contributed by atoms with E-state index in [-0.39, 0.29) is 11.7 Å². The van der Waals surface area contributed by atoms with Gasteiger partial charge in [0.1, 0.15) is 5.82 Å². The highest BCUT2D eigenvalue weighted by Crippen LogP contribution is 2.35. The Balaban J connectivity index is 1.44. The number of amides is 1. The molecule has 172 valence electrons. The van der Waals surface area contributed by atoms with Crippen LogP contribution in [0.25, 0.3) is 11.1 Å². The minimum absolute atomic E-state index is 0.151. The SMILES string of the molecule is CC1CCCCN1CCNC(=O)C1(Cc2cccc(-c3ccc(F)cc3)c2)CCOCC1. The number of nitrogens with one attached hydrogen (secondary N) is 1. The van der Waals surface area contributed by atoms with Gasteiger partial charge in [0.15, 0.2) is 0 Å². The molecule has 1 atom stereocenters. The van der Waals surface area contributed by atoms with Gasteiger partial charge in [-0.15, -0.1) is 0 Å². The van der Waals surface area contributed by atoms with Gasteiger partial charge in [0.2, 0.25) is 5.91 Å². The second kappa shape index (κ2) is 10.6. The van der Waals surface area contributed by atoms with Crippen molar-refractivity contribution in [3.05, 3.63) is 59.9 Å². The number of likely N-dealkylation sites (tertiary alicyclic amines) is 1. The Kier molecular flexibility index (Phi) is 7.59. The first kappa shape index (κ1) is 22.9. The number of hydrogen-bond donors (Lipinski definition) is 1. The van der Waals surface area contributed by atoms with Gasteiger partial charge < -0.3 is 10.1 Å². The average Bonchev–Trinajstić information content (AvgIpc) is 2.81. The molecule has 2 aliphatic heterocycles. The van der Waals surface area contributed by atoms with Crippen LogP contribution >= 0.6 is 0 Å². The molecular weight excluding hydrogens is 403 g/mol. The van der Waals surface area contributed by atoms with Gasteiger partial charge in [-0.1, -0.05) is 42.8 Å². The highest BCUT2D eigenvalue weighted by atomic mass is 19.1. The van der Waals surface area contributed by atoms with Crippen molar-refractivity contribution in [2.45, 2.75) is 51.5 Å². The van der Waals surface area contributed by atoms with Gasteiger partial charge in [-0.05, 0) is 74.4 Å². The molecule has 2 aromatic rings. The molecule has 2 heterocycles. The first-order valence-electron chi connectivity index (χ1n) is 12.0. The first-order chi connectivity index (χ1) is 15.6. The predicted molar refractivity (Wildman–Crippen MR) is 126 cm³/mol. The summed E-state index contributed by atoms with van der Waals surface area (Å²) >= 11 is 0. The van der Waals surface area contributed by atoms with Crippen LogP contribution in [0.4, 0.5) is 4.39 Å². The van der Waals surface area contributed by atoms with Gasteiger partial charge in [-0.2, -0.15) is 0 Å². The zero-order valence-electron chi connectivity index (χ0n) is 19.1. The van der Waals surface area contributed by atoms with Gasteiger partial charge in [-0.25, -0.2) is 4.39 Å². The van der Waals surface area contributed by atoms with E-state index in [9.17, 15) is 9.18 Å². The maximum absolute atomic E-state index is 13.4. The van der Waals surface area contributed by atoms with Crippen LogP contribution in [0.2, 0.25) is 0 Å². The Labute approximate surface area is 191 Å². The molecule has 0 saturated carbocycles. The molecule has 0 radical (unpaired) electrons. The summed E-state index contributed by atoms with van der Waals surface area (Å²) in [6, 6.07) is 15.5. The molecule has 0 bridgehead atoms. The van der Waals surface area contributed by atoms with Gasteiger partial charge in [0, 0.05) is 32.3 Å². The van der Waals surface area contributed by atoms with Gasteiger partial charge >= 0.3 is 0 Å². The third kappa shape index (κ3) is 5.57. The Morgan fingerprint density at radius 1 is 1.12 bits per heavy atom. The Bertz CT molecular complexity index is 893. The summed E-state index contributed by atoms with van der Waals surface area (Å²) in [4.78, 5) is 15.9. The molecular formula is C27H35FN2O2. The summed E-state index contributed by atoms with van der Waals surface area (Å²) in [7, 11) is 0. The third-order valence-corrected chi connectivity index (χ3v) is 7.20. The van der Waals surface area contributed by atoms with Crippen LogP contribution in [-0.2, 0) is 16.0 Å². The lowest BCUT2D eigenvalue weighted by molar-refractivity contribution is -0.136.